The smallest absolute Gasteiger partial charge is 0.350 e. The summed E-state index contributed by atoms with van der Waals surface area (Å²) in [5.74, 6) is -0.733. The fourth-order valence-electron chi connectivity index (χ4n) is 3.69. The van der Waals surface area contributed by atoms with Gasteiger partial charge in [0.1, 0.15) is 0 Å². The van der Waals surface area contributed by atoms with Gasteiger partial charge in [-0.1, -0.05) is 47.5 Å². The average Bonchev–Trinajstić information content (AvgIpc) is 3.20. The Kier molecular flexibility index (Phi) is 8.36. The summed E-state index contributed by atoms with van der Waals surface area (Å²) in [6, 6.07) is 16.8. The predicted molar refractivity (Wildman–Crippen MR) is 142 cm³/mol. The molecule has 0 bridgehead atoms. The third-order valence-corrected chi connectivity index (χ3v) is 6.99. The third-order valence-electron chi connectivity index (χ3n) is 5.40. The van der Waals surface area contributed by atoms with E-state index in [1.54, 1.807) is 12.1 Å². The lowest BCUT2D eigenvalue weighted by Gasteiger charge is -2.09. The van der Waals surface area contributed by atoms with E-state index in [1.165, 1.54) is 30.0 Å². The highest BCUT2D eigenvalue weighted by atomic mass is 35.5. The summed E-state index contributed by atoms with van der Waals surface area (Å²) in [6.07, 6.45) is -2.60. The monoisotopic (exact) mass is 565 g/mol. The maximum atomic E-state index is 12.9. The van der Waals surface area contributed by atoms with Crippen molar-refractivity contribution in [3.8, 4) is 0 Å². The largest absolute Gasteiger partial charge is 0.416 e. The van der Waals surface area contributed by atoms with Gasteiger partial charge in [-0.2, -0.15) is 13.2 Å². The Balaban J connectivity index is 1.39. The molecule has 4 aromatic rings. The minimum atomic E-state index is -4.49. The molecule has 0 atom stereocenters. The van der Waals surface area contributed by atoms with Crippen molar-refractivity contribution in [2.24, 2.45) is 0 Å². The molecule has 0 saturated heterocycles. The number of nitrogens with zero attached hydrogens (tertiary/aromatic N) is 1. The molecule has 0 aliphatic heterocycles. The first kappa shape index (κ1) is 26.9. The number of amides is 2. The lowest BCUT2D eigenvalue weighted by Crippen LogP contribution is -2.27. The summed E-state index contributed by atoms with van der Waals surface area (Å²) >= 11 is 13.3. The van der Waals surface area contributed by atoms with Gasteiger partial charge < -0.3 is 15.2 Å². The molecule has 2 amide bonds. The molecule has 0 saturated carbocycles. The average molecular weight is 566 g/mol. The lowest BCUT2D eigenvalue weighted by molar-refractivity contribution is -0.137. The molecule has 1 aromatic heterocycles. The number of para-hydroxylation sites is 1. The van der Waals surface area contributed by atoms with Gasteiger partial charge in [0.2, 0.25) is 5.91 Å². The number of halogens is 5. The van der Waals surface area contributed by atoms with Crippen molar-refractivity contribution in [3.63, 3.8) is 0 Å². The van der Waals surface area contributed by atoms with Gasteiger partial charge in [0.15, 0.2) is 0 Å². The highest BCUT2D eigenvalue weighted by molar-refractivity contribution is 8.00. The molecule has 5 nitrogen and oxygen atoms in total. The van der Waals surface area contributed by atoms with E-state index < -0.39 is 17.6 Å². The minimum absolute atomic E-state index is 0.00998. The van der Waals surface area contributed by atoms with Gasteiger partial charge in [-0.3, -0.25) is 9.59 Å². The van der Waals surface area contributed by atoms with Crippen LogP contribution in [0, 0.1) is 0 Å². The van der Waals surface area contributed by atoms with Crippen LogP contribution in [-0.4, -0.2) is 28.7 Å². The third kappa shape index (κ3) is 6.80. The predicted octanol–water partition coefficient (Wildman–Crippen LogP) is 7.13. The van der Waals surface area contributed by atoms with Crippen LogP contribution in [0.25, 0.3) is 10.9 Å². The lowest BCUT2D eigenvalue weighted by atomic mass is 10.2. The molecular formula is C26H20Cl2F3N3O2S. The zero-order valence-electron chi connectivity index (χ0n) is 19.1. The Labute approximate surface area is 224 Å². The van der Waals surface area contributed by atoms with Gasteiger partial charge >= 0.3 is 6.18 Å². The van der Waals surface area contributed by atoms with Crippen molar-refractivity contribution in [1.29, 1.82) is 0 Å². The van der Waals surface area contributed by atoms with Gasteiger partial charge in [0.05, 0.1) is 21.9 Å². The number of fused-ring (bicyclic) bond motifs is 1. The van der Waals surface area contributed by atoms with Crippen LogP contribution in [0.4, 0.5) is 18.9 Å². The first-order valence-corrected chi connectivity index (χ1v) is 12.8. The van der Waals surface area contributed by atoms with Gasteiger partial charge in [0.25, 0.3) is 5.91 Å². The second-order valence-electron chi connectivity index (χ2n) is 8.00. The molecule has 0 aliphatic rings. The van der Waals surface area contributed by atoms with Gasteiger partial charge in [-0.25, -0.2) is 0 Å². The van der Waals surface area contributed by atoms with Crippen molar-refractivity contribution < 1.29 is 22.8 Å². The number of hydrogen-bond donors (Lipinski definition) is 2. The van der Waals surface area contributed by atoms with E-state index in [1.807, 2.05) is 35.0 Å². The summed E-state index contributed by atoms with van der Waals surface area (Å²) in [5, 5.41) is 6.98. The molecule has 0 aliphatic carbocycles. The molecule has 4 rings (SSSR count). The normalized spacial score (nSPS) is 11.5. The van der Waals surface area contributed by atoms with E-state index in [2.05, 4.69) is 10.6 Å². The number of hydrogen-bond acceptors (Lipinski definition) is 3. The standard InChI is InChI=1S/C26H20Cl2F3N3O2S/c27-17-8-9-19(21(28)13-17)25(36)32-10-11-34-14-23(20-6-1-2-7-22(20)34)37-15-24(35)33-18-5-3-4-16(12-18)26(29,30)31/h1-9,12-14H,10-11,15H2,(H,32,36)(H,33,35). The van der Waals surface area contributed by atoms with Gasteiger partial charge in [-0.15, -0.1) is 11.8 Å². The number of benzene rings is 3. The quantitative estimate of drug-likeness (QED) is 0.223. The van der Waals surface area contributed by atoms with Crippen LogP contribution < -0.4 is 10.6 Å². The van der Waals surface area contributed by atoms with Gasteiger partial charge in [-0.05, 0) is 42.5 Å². The van der Waals surface area contributed by atoms with Crippen LogP contribution in [0.3, 0.4) is 0 Å². The number of carbonyl (C=O) groups excluding carboxylic acids is 2. The molecule has 0 unspecified atom stereocenters. The molecule has 3 aromatic carbocycles. The number of anilines is 1. The second-order valence-corrected chi connectivity index (χ2v) is 9.86. The number of aromatic nitrogens is 1. The summed E-state index contributed by atoms with van der Waals surface area (Å²) in [7, 11) is 0. The Morgan fingerprint density at radius 3 is 2.51 bits per heavy atom. The van der Waals surface area contributed by atoms with E-state index in [-0.39, 0.29) is 22.4 Å². The summed E-state index contributed by atoms with van der Waals surface area (Å²) in [5.41, 5.74) is 0.499. The van der Waals surface area contributed by atoms with Crippen LogP contribution in [0.15, 0.2) is 77.8 Å². The molecule has 2 N–H and O–H groups in total. The highest BCUT2D eigenvalue weighted by Crippen LogP contribution is 2.32. The molecular weight excluding hydrogens is 546 g/mol. The summed E-state index contributed by atoms with van der Waals surface area (Å²) in [4.78, 5) is 25.7. The Bertz CT molecular complexity index is 1460. The topological polar surface area (TPSA) is 63.1 Å². The number of rotatable bonds is 8. The molecule has 37 heavy (non-hydrogen) atoms. The van der Waals surface area contributed by atoms with E-state index in [0.29, 0.717) is 23.7 Å². The van der Waals surface area contributed by atoms with Crippen LogP contribution in [0.1, 0.15) is 15.9 Å². The number of carbonyl (C=O) groups is 2. The van der Waals surface area contributed by atoms with Crippen LogP contribution in [-0.2, 0) is 17.5 Å². The van der Waals surface area contributed by atoms with E-state index >= 15 is 0 Å². The van der Waals surface area contributed by atoms with Crippen molar-refractivity contribution in [2.75, 3.05) is 17.6 Å². The van der Waals surface area contributed by atoms with Crippen LogP contribution in [0.5, 0.6) is 0 Å². The molecule has 11 heteroatoms. The van der Waals surface area contributed by atoms with Crippen molar-refractivity contribution in [1.82, 2.24) is 9.88 Å². The Hall–Kier alpha value is -3.14. The van der Waals surface area contributed by atoms with E-state index in [4.69, 9.17) is 23.2 Å². The summed E-state index contributed by atoms with van der Waals surface area (Å²) < 4.78 is 40.7. The maximum Gasteiger partial charge on any atom is 0.416 e. The fourth-order valence-corrected chi connectivity index (χ4v) is 5.07. The number of thioether (sulfide) groups is 1. The van der Waals surface area contributed by atoms with Gasteiger partial charge in [0, 0.05) is 45.8 Å². The van der Waals surface area contributed by atoms with Crippen molar-refractivity contribution in [3.05, 3.63) is 94.1 Å². The van der Waals surface area contributed by atoms with E-state index in [0.717, 1.165) is 27.9 Å². The highest BCUT2D eigenvalue weighted by Gasteiger charge is 2.30. The fraction of sp³-hybridized carbons (Fsp3) is 0.154. The first-order valence-electron chi connectivity index (χ1n) is 11.0. The second kappa shape index (κ2) is 11.5. The molecule has 192 valence electrons. The van der Waals surface area contributed by atoms with Crippen LogP contribution in [0.2, 0.25) is 10.0 Å². The molecule has 0 spiro atoms. The Morgan fingerprint density at radius 2 is 1.76 bits per heavy atom. The zero-order chi connectivity index (χ0) is 26.6. The number of alkyl halides is 3. The maximum absolute atomic E-state index is 12.9. The number of nitrogens with one attached hydrogen (secondary N) is 2. The van der Waals surface area contributed by atoms with Crippen molar-refractivity contribution in [2.45, 2.75) is 17.6 Å². The zero-order valence-corrected chi connectivity index (χ0v) is 21.4. The SMILES string of the molecule is O=C(CSc1cn(CCNC(=O)c2ccc(Cl)cc2Cl)c2ccccc12)Nc1cccc(C(F)(F)F)c1. The molecule has 0 radical (unpaired) electrons. The molecule has 0 fully saturated rings. The van der Waals surface area contributed by atoms with E-state index in [9.17, 15) is 22.8 Å². The minimum Gasteiger partial charge on any atom is -0.350 e. The van der Waals surface area contributed by atoms with Crippen molar-refractivity contribution >= 4 is 63.4 Å². The first-order chi connectivity index (χ1) is 17.6. The summed E-state index contributed by atoms with van der Waals surface area (Å²) in [6.45, 7) is 0.797. The van der Waals surface area contributed by atoms with Crippen LogP contribution >= 0.6 is 35.0 Å². The Morgan fingerprint density at radius 1 is 0.973 bits per heavy atom. The molecule has 1 heterocycles.